The Balaban J connectivity index is 2.53. The van der Waals surface area contributed by atoms with Crippen molar-refractivity contribution in [3.05, 3.63) is 24.3 Å². The van der Waals surface area contributed by atoms with Crippen molar-refractivity contribution in [3.63, 3.8) is 0 Å². The van der Waals surface area contributed by atoms with E-state index in [1.807, 2.05) is 13.3 Å². The summed E-state index contributed by atoms with van der Waals surface area (Å²) in [6.45, 7) is 1.76. The first kappa shape index (κ1) is 17.3. The topological polar surface area (TPSA) is 67.4 Å². The second-order valence-corrected chi connectivity index (χ2v) is 6.92. The van der Waals surface area contributed by atoms with Crippen LogP contribution >= 0.6 is 11.8 Å². The van der Waals surface area contributed by atoms with Gasteiger partial charge in [0.05, 0.1) is 4.90 Å². The van der Waals surface area contributed by atoms with E-state index in [1.54, 1.807) is 36.0 Å². The van der Waals surface area contributed by atoms with Gasteiger partial charge in [-0.1, -0.05) is 0 Å². The second-order valence-electron chi connectivity index (χ2n) is 4.17. The van der Waals surface area contributed by atoms with E-state index >= 15 is 0 Å². The number of hydrogen-bond acceptors (Lipinski definition) is 5. The molecule has 0 saturated carbocycles. The lowest BCUT2D eigenvalue weighted by Gasteiger charge is -2.08. The van der Waals surface area contributed by atoms with E-state index in [2.05, 4.69) is 10.0 Å². The Bertz CT molecular complexity index is 475. The molecule has 0 aliphatic rings. The molecule has 5 nitrogen and oxygen atoms in total. The molecule has 20 heavy (non-hydrogen) atoms. The van der Waals surface area contributed by atoms with Crippen molar-refractivity contribution < 1.29 is 13.2 Å². The van der Waals surface area contributed by atoms with Crippen LogP contribution in [-0.4, -0.2) is 47.2 Å². The van der Waals surface area contributed by atoms with Crippen molar-refractivity contribution in [2.45, 2.75) is 11.3 Å². The van der Waals surface area contributed by atoms with Crippen LogP contribution < -0.4 is 14.8 Å². The van der Waals surface area contributed by atoms with Crippen LogP contribution in [0.2, 0.25) is 0 Å². The first-order valence-electron chi connectivity index (χ1n) is 6.46. The number of nitrogens with one attached hydrogen (secondary N) is 2. The number of ether oxygens (including phenoxy) is 1. The number of sulfonamides is 1. The van der Waals surface area contributed by atoms with Crippen LogP contribution in [0.5, 0.6) is 5.75 Å². The molecule has 0 atom stereocenters. The van der Waals surface area contributed by atoms with Crippen LogP contribution in [0.1, 0.15) is 6.42 Å². The molecule has 0 fully saturated rings. The number of likely N-dealkylation sites (N-methyl/N-ethyl adjacent to an activating group) is 1. The Morgan fingerprint density at radius 3 is 2.50 bits per heavy atom. The van der Waals surface area contributed by atoms with Gasteiger partial charge in [-0.05, 0) is 49.7 Å². The number of benzene rings is 1. The van der Waals surface area contributed by atoms with Crippen LogP contribution in [-0.2, 0) is 10.0 Å². The molecular formula is C13H22N2O3S2. The van der Waals surface area contributed by atoms with Crippen molar-refractivity contribution in [1.82, 2.24) is 10.0 Å². The maximum Gasteiger partial charge on any atom is 0.240 e. The molecule has 1 rings (SSSR count). The SMILES string of the molecule is CNCCOc1ccc(S(=O)(=O)NCCCSC)cc1. The zero-order valence-corrected chi connectivity index (χ0v) is 13.5. The fraction of sp³-hybridized carbons (Fsp3) is 0.538. The third-order valence-corrected chi connectivity index (χ3v) is 4.75. The molecule has 114 valence electrons. The molecule has 0 unspecified atom stereocenters. The number of rotatable bonds is 10. The van der Waals surface area contributed by atoms with Gasteiger partial charge in [0.15, 0.2) is 0 Å². The zero-order valence-electron chi connectivity index (χ0n) is 11.9. The average molecular weight is 318 g/mol. The Labute approximate surface area is 125 Å². The smallest absolute Gasteiger partial charge is 0.240 e. The van der Waals surface area contributed by atoms with Gasteiger partial charge in [0.25, 0.3) is 0 Å². The normalized spacial score (nSPS) is 11.5. The van der Waals surface area contributed by atoms with Crippen molar-refractivity contribution in [2.75, 3.05) is 38.8 Å². The Morgan fingerprint density at radius 2 is 1.90 bits per heavy atom. The summed E-state index contributed by atoms with van der Waals surface area (Å²) in [6, 6.07) is 6.47. The van der Waals surface area contributed by atoms with Gasteiger partial charge in [-0.2, -0.15) is 11.8 Å². The van der Waals surface area contributed by atoms with Gasteiger partial charge in [-0.25, -0.2) is 13.1 Å². The fourth-order valence-corrected chi connectivity index (χ4v) is 3.00. The maximum absolute atomic E-state index is 12.0. The highest BCUT2D eigenvalue weighted by atomic mass is 32.2. The standard InChI is InChI=1S/C13H22N2O3S2/c1-14-9-10-18-12-4-6-13(7-5-12)20(16,17)15-8-3-11-19-2/h4-7,14-15H,3,8-11H2,1-2H3. The van der Waals surface area contributed by atoms with Crippen LogP contribution in [0.3, 0.4) is 0 Å². The van der Waals surface area contributed by atoms with Gasteiger partial charge in [-0.15, -0.1) is 0 Å². The van der Waals surface area contributed by atoms with E-state index in [1.165, 1.54) is 0 Å². The summed E-state index contributed by atoms with van der Waals surface area (Å²) in [5.41, 5.74) is 0. The van der Waals surface area contributed by atoms with Crippen molar-refractivity contribution in [1.29, 1.82) is 0 Å². The molecule has 0 bridgehead atoms. The number of hydrogen-bond donors (Lipinski definition) is 2. The van der Waals surface area contributed by atoms with E-state index in [4.69, 9.17) is 4.74 Å². The summed E-state index contributed by atoms with van der Waals surface area (Å²) in [5.74, 6) is 1.61. The van der Waals surface area contributed by atoms with Gasteiger partial charge < -0.3 is 10.1 Å². The molecule has 0 aromatic heterocycles. The molecule has 1 aromatic carbocycles. The number of thioether (sulfide) groups is 1. The highest BCUT2D eigenvalue weighted by molar-refractivity contribution is 7.98. The maximum atomic E-state index is 12.0. The van der Waals surface area contributed by atoms with Gasteiger partial charge in [-0.3, -0.25) is 0 Å². The lowest BCUT2D eigenvalue weighted by Crippen LogP contribution is -2.25. The Morgan fingerprint density at radius 1 is 1.20 bits per heavy atom. The summed E-state index contributed by atoms with van der Waals surface area (Å²) in [5, 5.41) is 2.97. The molecule has 1 aromatic rings. The van der Waals surface area contributed by atoms with Crippen molar-refractivity contribution >= 4 is 21.8 Å². The van der Waals surface area contributed by atoms with E-state index in [0.717, 1.165) is 18.7 Å². The molecule has 2 N–H and O–H groups in total. The summed E-state index contributed by atoms with van der Waals surface area (Å²) >= 11 is 1.70. The van der Waals surface area contributed by atoms with Crippen molar-refractivity contribution in [3.8, 4) is 5.75 Å². The van der Waals surface area contributed by atoms with Gasteiger partial charge in [0, 0.05) is 13.1 Å². The average Bonchev–Trinajstić information content (AvgIpc) is 2.45. The van der Waals surface area contributed by atoms with E-state index in [9.17, 15) is 8.42 Å². The first-order valence-corrected chi connectivity index (χ1v) is 9.34. The van der Waals surface area contributed by atoms with Crippen molar-refractivity contribution in [2.24, 2.45) is 0 Å². The predicted octanol–water partition coefficient (Wildman–Crippen LogP) is 1.32. The van der Waals surface area contributed by atoms with Crippen LogP contribution in [0.4, 0.5) is 0 Å². The monoisotopic (exact) mass is 318 g/mol. The first-order chi connectivity index (χ1) is 9.60. The fourth-order valence-electron chi connectivity index (χ4n) is 1.49. The molecule has 0 saturated heterocycles. The molecule has 0 spiro atoms. The third-order valence-electron chi connectivity index (χ3n) is 2.57. The van der Waals surface area contributed by atoms with Gasteiger partial charge in [0.2, 0.25) is 10.0 Å². The summed E-state index contributed by atoms with van der Waals surface area (Å²) in [7, 11) is -1.56. The highest BCUT2D eigenvalue weighted by Gasteiger charge is 2.12. The minimum absolute atomic E-state index is 0.266. The van der Waals surface area contributed by atoms with Gasteiger partial charge in [0.1, 0.15) is 12.4 Å². The molecule has 7 heteroatoms. The zero-order chi connectivity index (χ0) is 14.8. The Kier molecular flexibility index (Phi) is 7.98. The highest BCUT2D eigenvalue weighted by Crippen LogP contribution is 2.15. The molecule has 0 radical (unpaired) electrons. The van der Waals surface area contributed by atoms with E-state index in [0.29, 0.717) is 18.9 Å². The lowest BCUT2D eigenvalue weighted by molar-refractivity contribution is 0.318. The summed E-state index contributed by atoms with van der Waals surface area (Å²) in [6.07, 6.45) is 2.83. The molecule has 0 heterocycles. The minimum Gasteiger partial charge on any atom is -0.492 e. The van der Waals surface area contributed by atoms with Gasteiger partial charge >= 0.3 is 0 Å². The lowest BCUT2D eigenvalue weighted by atomic mass is 10.3. The quantitative estimate of drug-likeness (QED) is 0.637. The molecule has 0 aliphatic carbocycles. The van der Waals surface area contributed by atoms with E-state index in [-0.39, 0.29) is 4.90 Å². The molecule has 0 amide bonds. The summed E-state index contributed by atoms with van der Waals surface area (Å²) in [4.78, 5) is 0.266. The Hall–Kier alpha value is -0.760. The summed E-state index contributed by atoms with van der Waals surface area (Å²) < 4.78 is 32.0. The van der Waals surface area contributed by atoms with Crippen LogP contribution in [0.15, 0.2) is 29.2 Å². The molecular weight excluding hydrogens is 296 g/mol. The predicted molar refractivity (Wildman–Crippen MR) is 84.1 cm³/mol. The van der Waals surface area contributed by atoms with Crippen LogP contribution in [0.25, 0.3) is 0 Å². The molecule has 0 aliphatic heterocycles. The largest absolute Gasteiger partial charge is 0.492 e. The van der Waals surface area contributed by atoms with E-state index < -0.39 is 10.0 Å². The second kappa shape index (κ2) is 9.23. The minimum atomic E-state index is -3.41. The third kappa shape index (κ3) is 6.13. The van der Waals surface area contributed by atoms with Crippen LogP contribution in [0, 0.1) is 0 Å².